The number of carbonyl (C=O) groups excluding carboxylic acids is 1. The average molecular weight is 199 g/mol. The van der Waals surface area contributed by atoms with Crippen LogP contribution < -0.4 is 0 Å². The first kappa shape index (κ1) is 11.5. The fourth-order valence-electron chi connectivity index (χ4n) is 1.97. The van der Waals surface area contributed by atoms with Crippen LogP contribution in [-0.4, -0.2) is 37.1 Å². The molecule has 0 N–H and O–H groups in total. The van der Waals surface area contributed by atoms with Gasteiger partial charge in [-0.1, -0.05) is 13.8 Å². The minimum Gasteiger partial charge on any atom is -0.468 e. The first-order valence-electron chi connectivity index (χ1n) is 5.38. The third-order valence-electron chi connectivity index (χ3n) is 3.46. The van der Waals surface area contributed by atoms with Crippen molar-refractivity contribution in [3.63, 3.8) is 0 Å². The van der Waals surface area contributed by atoms with E-state index < -0.39 is 0 Å². The minimum absolute atomic E-state index is 0.0880. The maximum absolute atomic E-state index is 11.3. The molecule has 0 bridgehead atoms. The van der Waals surface area contributed by atoms with E-state index in [1.54, 1.807) is 0 Å². The molecule has 1 aliphatic heterocycles. The number of hydrogen-bond donors (Lipinski definition) is 0. The summed E-state index contributed by atoms with van der Waals surface area (Å²) in [7, 11) is 1.45. The summed E-state index contributed by atoms with van der Waals surface area (Å²) in [5.74, 6) is 1.33. The van der Waals surface area contributed by atoms with Crippen molar-refractivity contribution >= 4 is 5.97 Å². The summed E-state index contributed by atoms with van der Waals surface area (Å²) in [4.78, 5) is 13.6. The van der Waals surface area contributed by atoms with Gasteiger partial charge in [0.2, 0.25) is 0 Å². The predicted molar refractivity (Wildman–Crippen MR) is 56.0 cm³/mol. The topological polar surface area (TPSA) is 29.5 Å². The van der Waals surface area contributed by atoms with Crippen molar-refractivity contribution in [3.05, 3.63) is 0 Å². The van der Waals surface area contributed by atoms with Gasteiger partial charge < -0.3 is 4.74 Å². The fourth-order valence-corrected chi connectivity index (χ4v) is 1.97. The Labute approximate surface area is 86.4 Å². The number of likely N-dealkylation sites (tertiary alicyclic amines) is 1. The van der Waals surface area contributed by atoms with E-state index in [4.69, 9.17) is 4.74 Å². The highest BCUT2D eigenvalue weighted by molar-refractivity contribution is 5.75. The van der Waals surface area contributed by atoms with Crippen LogP contribution in [0.1, 0.15) is 27.2 Å². The van der Waals surface area contributed by atoms with Gasteiger partial charge in [0.25, 0.3) is 0 Å². The van der Waals surface area contributed by atoms with Gasteiger partial charge in [0, 0.05) is 6.54 Å². The molecule has 14 heavy (non-hydrogen) atoms. The molecule has 0 aliphatic carbocycles. The Kier molecular flexibility index (Phi) is 3.93. The number of ether oxygens (including phenoxy) is 1. The summed E-state index contributed by atoms with van der Waals surface area (Å²) in [6, 6.07) is -0.0880. The summed E-state index contributed by atoms with van der Waals surface area (Å²) in [5, 5.41) is 0. The molecule has 1 heterocycles. The third-order valence-corrected chi connectivity index (χ3v) is 3.46. The van der Waals surface area contributed by atoms with Crippen LogP contribution in [-0.2, 0) is 9.53 Å². The molecular formula is C11H21NO2. The fraction of sp³-hybridized carbons (Fsp3) is 0.909. The van der Waals surface area contributed by atoms with Crippen LogP contribution in [0.25, 0.3) is 0 Å². The molecule has 3 nitrogen and oxygen atoms in total. The minimum atomic E-state index is -0.119. The molecule has 0 aromatic rings. The van der Waals surface area contributed by atoms with E-state index in [1.807, 2.05) is 6.92 Å². The Balaban J connectivity index is 2.50. The van der Waals surface area contributed by atoms with Crippen molar-refractivity contribution in [3.8, 4) is 0 Å². The molecule has 0 spiro atoms. The van der Waals surface area contributed by atoms with Crippen molar-refractivity contribution in [1.82, 2.24) is 4.90 Å². The molecule has 1 aliphatic rings. The zero-order chi connectivity index (χ0) is 10.7. The van der Waals surface area contributed by atoms with Crippen molar-refractivity contribution in [2.45, 2.75) is 33.2 Å². The first-order valence-corrected chi connectivity index (χ1v) is 5.38. The average Bonchev–Trinajstić information content (AvgIpc) is 2.20. The van der Waals surface area contributed by atoms with E-state index in [9.17, 15) is 4.79 Å². The molecule has 0 saturated carbocycles. The van der Waals surface area contributed by atoms with Gasteiger partial charge in [0.05, 0.1) is 7.11 Å². The normalized spacial score (nSPS) is 31.1. The van der Waals surface area contributed by atoms with Crippen LogP contribution in [0.2, 0.25) is 0 Å². The van der Waals surface area contributed by atoms with Crippen LogP contribution in [0.3, 0.4) is 0 Å². The number of piperidine rings is 1. The van der Waals surface area contributed by atoms with E-state index in [0.717, 1.165) is 19.0 Å². The summed E-state index contributed by atoms with van der Waals surface area (Å²) in [6.45, 7) is 8.49. The van der Waals surface area contributed by atoms with Gasteiger partial charge in [-0.2, -0.15) is 0 Å². The summed E-state index contributed by atoms with van der Waals surface area (Å²) in [6.07, 6.45) is 1.18. The summed E-state index contributed by atoms with van der Waals surface area (Å²) in [5.41, 5.74) is 0. The molecule has 3 unspecified atom stereocenters. The van der Waals surface area contributed by atoms with E-state index in [2.05, 4.69) is 18.7 Å². The molecule has 1 saturated heterocycles. The van der Waals surface area contributed by atoms with Crippen LogP contribution in [0.15, 0.2) is 0 Å². The molecule has 0 aromatic heterocycles. The van der Waals surface area contributed by atoms with E-state index in [1.165, 1.54) is 13.5 Å². The Hall–Kier alpha value is -0.570. The molecular weight excluding hydrogens is 178 g/mol. The van der Waals surface area contributed by atoms with Gasteiger partial charge >= 0.3 is 5.97 Å². The highest BCUT2D eigenvalue weighted by Gasteiger charge is 2.29. The lowest BCUT2D eigenvalue weighted by Crippen LogP contribution is -2.47. The quantitative estimate of drug-likeness (QED) is 0.632. The van der Waals surface area contributed by atoms with Gasteiger partial charge in [-0.15, -0.1) is 0 Å². The Morgan fingerprint density at radius 1 is 1.43 bits per heavy atom. The van der Waals surface area contributed by atoms with E-state index in [0.29, 0.717) is 5.92 Å². The molecule has 0 aromatic carbocycles. The van der Waals surface area contributed by atoms with E-state index in [-0.39, 0.29) is 12.0 Å². The van der Waals surface area contributed by atoms with Gasteiger partial charge in [-0.3, -0.25) is 9.69 Å². The number of nitrogens with zero attached hydrogens (tertiary/aromatic N) is 1. The van der Waals surface area contributed by atoms with Crippen LogP contribution in [0.4, 0.5) is 0 Å². The second-order valence-corrected chi connectivity index (χ2v) is 4.44. The molecule has 1 rings (SSSR count). The van der Waals surface area contributed by atoms with Gasteiger partial charge in [0.15, 0.2) is 0 Å². The van der Waals surface area contributed by atoms with Crippen molar-refractivity contribution < 1.29 is 9.53 Å². The maximum Gasteiger partial charge on any atom is 0.322 e. The molecule has 0 radical (unpaired) electrons. The number of esters is 1. The molecule has 0 amide bonds. The predicted octanol–water partition coefficient (Wildman–Crippen LogP) is 1.53. The summed E-state index contributed by atoms with van der Waals surface area (Å²) >= 11 is 0. The number of methoxy groups -OCH3 is 1. The van der Waals surface area contributed by atoms with Crippen molar-refractivity contribution in [1.29, 1.82) is 0 Å². The molecule has 3 atom stereocenters. The number of hydrogen-bond acceptors (Lipinski definition) is 3. The monoisotopic (exact) mass is 199 g/mol. The largest absolute Gasteiger partial charge is 0.468 e. The smallest absolute Gasteiger partial charge is 0.322 e. The number of carbonyl (C=O) groups is 1. The van der Waals surface area contributed by atoms with Crippen LogP contribution >= 0.6 is 0 Å². The lowest BCUT2D eigenvalue weighted by molar-refractivity contribution is -0.147. The zero-order valence-corrected chi connectivity index (χ0v) is 9.62. The van der Waals surface area contributed by atoms with Crippen molar-refractivity contribution in [2.75, 3.05) is 20.2 Å². The standard InChI is InChI=1S/C11H21NO2/c1-8-5-6-12(7-9(8)2)10(3)11(13)14-4/h8-10H,5-7H2,1-4H3. The Morgan fingerprint density at radius 3 is 2.57 bits per heavy atom. The Morgan fingerprint density at radius 2 is 2.07 bits per heavy atom. The SMILES string of the molecule is COC(=O)C(C)N1CCC(C)C(C)C1. The van der Waals surface area contributed by atoms with E-state index >= 15 is 0 Å². The highest BCUT2D eigenvalue weighted by atomic mass is 16.5. The zero-order valence-electron chi connectivity index (χ0n) is 9.62. The summed E-state index contributed by atoms with van der Waals surface area (Å²) < 4.78 is 4.75. The second kappa shape index (κ2) is 4.78. The van der Waals surface area contributed by atoms with Crippen LogP contribution in [0.5, 0.6) is 0 Å². The Bertz CT molecular complexity index is 205. The molecule has 3 heteroatoms. The lowest BCUT2D eigenvalue weighted by atomic mass is 9.88. The second-order valence-electron chi connectivity index (χ2n) is 4.44. The maximum atomic E-state index is 11.3. The van der Waals surface area contributed by atoms with Gasteiger partial charge in [-0.05, 0) is 31.7 Å². The molecule has 1 fully saturated rings. The van der Waals surface area contributed by atoms with Gasteiger partial charge in [-0.25, -0.2) is 0 Å². The molecule has 82 valence electrons. The number of rotatable bonds is 2. The third kappa shape index (κ3) is 2.47. The first-order chi connectivity index (χ1) is 6.56. The van der Waals surface area contributed by atoms with Crippen LogP contribution in [0, 0.1) is 11.8 Å². The highest BCUT2D eigenvalue weighted by Crippen LogP contribution is 2.23. The van der Waals surface area contributed by atoms with Gasteiger partial charge in [0.1, 0.15) is 6.04 Å². The lowest BCUT2D eigenvalue weighted by Gasteiger charge is -2.37. The van der Waals surface area contributed by atoms with Crippen molar-refractivity contribution in [2.24, 2.45) is 11.8 Å².